The van der Waals surface area contributed by atoms with Gasteiger partial charge in [0.1, 0.15) is 0 Å². The molecule has 7 rings (SSSR count). The fraction of sp³-hybridized carbons (Fsp3) is 0.0870. The third-order valence-corrected chi connectivity index (χ3v) is 9.43. The van der Waals surface area contributed by atoms with E-state index < -0.39 is 0 Å². The first-order valence-corrected chi connectivity index (χ1v) is 17.9. The molecule has 7 aromatic carbocycles. The number of amides is 4. The summed E-state index contributed by atoms with van der Waals surface area (Å²) in [5.41, 5.74) is 4.50. The highest BCUT2D eigenvalue weighted by atomic mass is 16.2. The van der Waals surface area contributed by atoms with E-state index in [0.29, 0.717) is 46.7 Å². The van der Waals surface area contributed by atoms with Gasteiger partial charge in [0.15, 0.2) is 0 Å². The summed E-state index contributed by atoms with van der Waals surface area (Å²) in [7, 11) is 0. The second kappa shape index (κ2) is 15.7. The smallest absolute Gasteiger partial charge is 0.258 e. The molecule has 4 amide bonds. The Bertz CT molecular complexity index is 2310. The molecule has 0 aliphatic heterocycles. The maximum absolute atomic E-state index is 13.5. The molecule has 0 saturated heterocycles. The molecule has 0 fully saturated rings. The van der Waals surface area contributed by atoms with E-state index in [4.69, 9.17) is 0 Å². The van der Waals surface area contributed by atoms with Crippen LogP contribution in [0.3, 0.4) is 0 Å². The first kappa shape index (κ1) is 35.3. The molecule has 7 aromatic rings. The fourth-order valence-electron chi connectivity index (χ4n) is 6.62. The van der Waals surface area contributed by atoms with Crippen LogP contribution in [0, 0.1) is 0 Å². The number of hydrogen-bond acceptors (Lipinski definition) is 4. The lowest BCUT2D eigenvalue weighted by atomic mass is 10.1. The second-order valence-corrected chi connectivity index (χ2v) is 12.7. The molecule has 0 radical (unpaired) electrons. The minimum atomic E-state index is -0.350. The van der Waals surface area contributed by atoms with Gasteiger partial charge in [-0.25, -0.2) is 0 Å². The van der Waals surface area contributed by atoms with Gasteiger partial charge in [0.25, 0.3) is 23.6 Å². The Morgan fingerprint density at radius 2 is 0.741 bits per heavy atom. The van der Waals surface area contributed by atoms with Gasteiger partial charge in [-0.1, -0.05) is 72.8 Å². The van der Waals surface area contributed by atoms with Crippen molar-refractivity contribution < 1.29 is 19.2 Å². The predicted octanol–water partition coefficient (Wildman–Crippen LogP) is 9.83. The standard InChI is InChI=1S/C46H38N4O4/c1-3-49(41-17-9-13-31-11-5-7-15-39(31)41)45(53)35-23-27-37(28-24-35)47-43(51)33-19-21-34(22-20-33)44(52)48-38-29-25-36(26-30-38)46(54)50(4-2)42-18-10-14-32-12-6-8-16-40(32)42/h5-30H,3-4H2,1-2H3,(H,47,51)(H,48,52). The highest BCUT2D eigenvalue weighted by molar-refractivity contribution is 6.13. The molecule has 0 aliphatic carbocycles. The number of fused-ring (bicyclic) bond motifs is 2. The van der Waals surface area contributed by atoms with Crippen molar-refractivity contribution in [1.29, 1.82) is 0 Å². The largest absolute Gasteiger partial charge is 0.322 e. The van der Waals surface area contributed by atoms with E-state index in [1.807, 2.05) is 98.8 Å². The summed E-state index contributed by atoms with van der Waals surface area (Å²) in [5, 5.41) is 9.85. The van der Waals surface area contributed by atoms with Gasteiger partial charge in [0.05, 0.1) is 11.4 Å². The molecule has 0 unspecified atom stereocenters. The summed E-state index contributed by atoms with van der Waals surface area (Å²) in [6.07, 6.45) is 0. The Morgan fingerprint density at radius 3 is 1.11 bits per heavy atom. The van der Waals surface area contributed by atoms with Gasteiger partial charge in [0.2, 0.25) is 0 Å². The Hall–Kier alpha value is -7.06. The summed E-state index contributed by atoms with van der Waals surface area (Å²) in [6, 6.07) is 47.7. The molecular weight excluding hydrogens is 673 g/mol. The number of hydrogen-bond donors (Lipinski definition) is 2. The molecule has 8 heteroatoms. The van der Waals surface area contributed by atoms with Gasteiger partial charge >= 0.3 is 0 Å². The van der Waals surface area contributed by atoms with Gasteiger partial charge in [0, 0.05) is 57.5 Å². The van der Waals surface area contributed by atoms with Crippen molar-refractivity contribution in [1.82, 2.24) is 0 Å². The highest BCUT2D eigenvalue weighted by Crippen LogP contribution is 2.30. The molecule has 0 aliphatic rings. The molecule has 0 saturated carbocycles. The summed E-state index contributed by atoms with van der Waals surface area (Å²) in [5.74, 6) is -0.969. The van der Waals surface area contributed by atoms with E-state index in [2.05, 4.69) is 10.6 Å². The summed E-state index contributed by atoms with van der Waals surface area (Å²) < 4.78 is 0. The van der Waals surface area contributed by atoms with Gasteiger partial charge in [-0.3, -0.25) is 19.2 Å². The Labute approximate surface area is 313 Å². The molecule has 54 heavy (non-hydrogen) atoms. The lowest BCUT2D eigenvalue weighted by Gasteiger charge is -2.23. The minimum absolute atomic E-state index is 0.134. The molecule has 0 bridgehead atoms. The van der Waals surface area contributed by atoms with Crippen molar-refractivity contribution in [2.75, 3.05) is 33.5 Å². The van der Waals surface area contributed by atoms with Crippen LogP contribution >= 0.6 is 0 Å². The molecule has 2 N–H and O–H groups in total. The van der Waals surface area contributed by atoms with Crippen molar-refractivity contribution >= 4 is 67.9 Å². The van der Waals surface area contributed by atoms with Crippen LogP contribution in [0.25, 0.3) is 21.5 Å². The third-order valence-electron chi connectivity index (χ3n) is 9.43. The quantitative estimate of drug-likeness (QED) is 0.148. The summed E-state index contributed by atoms with van der Waals surface area (Å²) in [4.78, 5) is 56.7. The third kappa shape index (κ3) is 7.31. The van der Waals surface area contributed by atoms with E-state index in [1.165, 1.54) is 0 Å². The molecule has 0 heterocycles. The number of nitrogens with zero attached hydrogens (tertiary/aromatic N) is 2. The van der Waals surface area contributed by atoms with Crippen LogP contribution in [0.2, 0.25) is 0 Å². The van der Waals surface area contributed by atoms with Gasteiger partial charge < -0.3 is 20.4 Å². The number of benzene rings is 7. The maximum atomic E-state index is 13.5. The summed E-state index contributed by atoms with van der Waals surface area (Å²) >= 11 is 0. The Morgan fingerprint density at radius 1 is 0.407 bits per heavy atom. The fourth-order valence-corrected chi connectivity index (χ4v) is 6.62. The molecule has 0 atom stereocenters. The van der Waals surface area contributed by atoms with Crippen LogP contribution in [0.4, 0.5) is 22.7 Å². The van der Waals surface area contributed by atoms with Crippen molar-refractivity contribution in [3.63, 3.8) is 0 Å². The van der Waals surface area contributed by atoms with Gasteiger partial charge in [-0.2, -0.15) is 0 Å². The van der Waals surface area contributed by atoms with Crippen LogP contribution in [-0.2, 0) is 0 Å². The average Bonchev–Trinajstić information content (AvgIpc) is 3.22. The normalized spacial score (nSPS) is 10.9. The zero-order valence-corrected chi connectivity index (χ0v) is 30.0. The van der Waals surface area contributed by atoms with Crippen molar-refractivity contribution in [3.8, 4) is 0 Å². The van der Waals surface area contributed by atoms with E-state index >= 15 is 0 Å². The SMILES string of the molecule is CCN(C(=O)c1ccc(NC(=O)c2ccc(C(=O)Nc3ccc(C(=O)N(CC)c4cccc5ccccc45)cc3)cc2)cc1)c1cccc2ccccc12. The number of rotatable bonds is 10. The first-order valence-electron chi connectivity index (χ1n) is 17.9. The highest BCUT2D eigenvalue weighted by Gasteiger charge is 2.20. The lowest BCUT2D eigenvalue weighted by Crippen LogP contribution is -2.30. The molecule has 0 aromatic heterocycles. The predicted molar refractivity (Wildman–Crippen MR) is 218 cm³/mol. The second-order valence-electron chi connectivity index (χ2n) is 12.7. The van der Waals surface area contributed by atoms with E-state index in [0.717, 1.165) is 32.9 Å². The van der Waals surface area contributed by atoms with Crippen LogP contribution in [0.1, 0.15) is 55.3 Å². The lowest BCUT2D eigenvalue weighted by molar-refractivity contribution is 0.0980. The van der Waals surface area contributed by atoms with E-state index in [-0.39, 0.29) is 23.6 Å². The van der Waals surface area contributed by atoms with Crippen LogP contribution in [0.5, 0.6) is 0 Å². The molecule has 8 nitrogen and oxygen atoms in total. The topological polar surface area (TPSA) is 98.8 Å². The van der Waals surface area contributed by atoms with Gasteiger partial charge in [-0.15, -0.1) is 0 Å². The van der Waals surface area contributed by atoms with Crippen molar-refractivity contribution in [2.45, 2.75) is 13.8 Å². The number of carbonyl (C=O) groups excluding carboxylic acids is 4. The van der Waals surface area contributed by atoms with Crippen LogP contribution < -0.4 is 20.4 Å². The average molecular weight is 711 g/mol. The Kier molecular flexibility index (Phi) is 10.3. The summed E-state index contributed by atoms with van der Waals surface area (Å²) in [6.45, 7) is 4.88. The number of nitrogens with one attached hydrogen (secondary N) is 2. The molecular formula is C46H38N4O4. The maximum Gasteiger partial charge on any atom is 0.258 e. The molecule has 266 valence electrons. The minimum Gasteiger partial charge on any atom is -0.322 e. The monoisotopic (exact) mass is 710 g/mol. The molecule has 0 spiro atoms. The number of carbonyl (C=O) groups is 4. The zero-order chi connectivity index (χ0) is 37.6. The van der Waals surface area contributed by atoms with Crippen molar-refractivity contribution in [3.05, 3.63) is 180 Å². The Balaban J connectivity index is 0.959. The van der Waals surface area contributed by atoms with E-state index in [1.54, 1.807) is 82.6 Å². The van der Waals surface area contributed by atoms with Crippen LogP contribution in [-0.4, -0.2) is 36.7 Å². The first-order chi connectivity index (χ1) is 26.3. The number of anilines is 4. The van der Waals surface area contributed by atoms with Crippen molar-refractivity contribution in [2.24, 2.45) is 0 Å². The zero-order valence-electron chi connectivity index (χ0n) is 30.0. The van der Waals surface area contributed by atoms with E-state index in [9.17, 15) is 19.2 Å². The van der Waals surface area contributed by atoms with Crippen LogP contribution in [0.15, 0.2) is 158 Å². The van der Waals surface area contributed by atoms with Gasteiger partial charge in [-0.05, 0) is 110 Å².